The summed E-state index contributed by atoms with van der Waals surface area (Å²) in [5.41, 5.74) is 1.96. The van der Waals surface area contributed by atoms with E-state index in [1.165, 1.54) is 22.2 Å². The summed E-state index contributed by atoms with van der Waals surface area (Å²) in [7, 11) is 0. The molecule has 10 heteroatoms. The lowest BCUT2D eigenvalue weighted by atomic mass is 9.90. The van der Waals surface area contributed by atoms with Crippen LogP contribution in [0.15, 0.2) is 53.0 Å². The maximum Gasteiger partial charge on any atom is 0.271 e. The number of nitrogens with zero attached hydrogens (tertiary/aromatic N) is 6. The first-order chi connectivity index (χ1) is 17.7. The van der Waals surface area contributed by atoms with Gasteiger partial charge < -0.3 is 10.0 Å². The summed E-state index contributed by atoms with van der Waals surface area (Å²) in [5.74, 6) is 0.232. The van der Waals surface area contributed by atoms with Gasteiger partial charge in [0.05, 0.1) is 30.2 Å². The lowest BCUT2D eigenvalue weighted by Gasteiger charge is -2.38. The first kappa shape index (κ1) is 25.3. The fourth-order valence-corrected chi connectivity index (χ4v) is 5.79. The molecule has 0 unspecified atom stereocenters. The number of carbonyl (C=O) groups excluding carboxylic acids is 1. The van der Waals surface area contributed by atoms with Gasteiger partial charge in [0, 0.05) is 36.5 Å². The average Bonchev–Trinajstić information content (AvgIpc) is 3.54. The number of hydrogen-bond acceptors (Lipinski definition) is 7. The van der Waals surface area contributed by atoms with Crippen LogP contribution in [0.25, 0.3) is 21.5 Å². The zero-order valence-electron chi connectivity index (χ0n) is 21.4. The number of benzene rings is 1. The van der Waals surface area contributed by atoms with Crippen LogP contribution in [-0.4, -0.2) is 59.1 Å². The summed E-state index contributed by atoms with van der Waals surface area (Å²) in [6.07, 6.45) is 4.63. The van der Waals surface area contributed by atoms with Crippen LogP contribution >= 0.6 is 11.3 Å². The van der Waals surface area contributed by atoms with Gasteiger partial charge in [-0.25, -0.2) is 9.67 Å². The summed E-state index contributed by atoms with van der Waals surface area (Å²) in [4.78, 5) is 32.5. The van der Waals surface area contributed by atoms with Gasteiger partial charge in [-0.3, -0.25) is 14.2 Å². The molecular formula is C27H32N6O3S. The monoisotopic (exact) mass is 520 g/mol. The molecule has 0 radical (unpaired) electrons. The molecular weight excluding hydrogens is 488 g/mol. The fourth-order valence-electron chi connectivity index (χ4n) is 4.83. The Morgan fingerprint density at radius 1 is 1.16 bits per heavy atom. The summed E-state index contributed by atoms with van der Waals surface area (Å²) < 4.78 is 3.79. The molecule has 1 saturated heterocycles. The SMILES string of the molecule is CC(C)n1cc(-c2csc3c(=O)n(CC4(O)CCN(C(=O)C[C@@H](C)c5ccccc5)CC4)cnc23)nn1. The Balaban J connectivity index is 1.25. The predicted octanol–water partition coefficient (Wildman–Crippen LogP) is 3.84. The average molecular weight is 521 g/mol. The van der Waals surface area contributed by atoms with E-state index in [9.17, 15) is 14.7 Å². The van der Waals surface area contributed by atoms with E-state index < -0.39 is 5.60 Å². The number of likely N-dealkylation sites (tertiary alicyclic amines) is 1. The number of thiophene rings is 1. The molecule has 1 amide bonds. The van der Waals surface area contributed by atoms with Gasteiger partial charge in [0.25, 0.3) is 5.56 Å². The molecule has 0 aliphatic carbocycles. The molecule has 0 saturated carbocycles. The normalized spacial score (nSPS) is 16.4. The van der Waals surface area contributed by atoms with Crippen molar-refractivity contribution in [3.8, 4) is 11.3 Å². The van der Waals surface area contributed by atoms with Crippen molar-refractivity contribution >= 4 is 27.5 Å². The van der Waals surface area contributed by atoms with Crippen LogP contribution in [0.1, 0.15) is 57.6 Å². The quantitative estimate of drug-likeness (QED) is 0.397. The second-order valence-electron chi connectivity index (χ2n) is 10.3. The number of carbonyl (C=O) groups is 1. The van der Waals surface area contributed by atoms with Gasteiger partial charge in [0.15, 0.2) is 0 Å². The molecule has 0 spiro atoms. The van der Waals surface area contributed by atoms with Gasteiger partial charge in [-0.05, 0) is 38.2 Å². The second-order valence-corrected chi connectivity index (χ2v) is 11.2. The van der Waals surface area contributed by atoms with Gasteiger partial charge in [-0.1, -0.05) is 42.5 Å². The Morgan fingerprint density at radius 3 is 2.57 bits per heavy atom. The Labute approximate surface area is 219 Å². The highest BCUT2D eigenvalue weighted by molar-refractivity contribution is 7.17. The zero-order chi connectivity index (χ0) is 26.2. The minimum Gasteiger partial charge on any atom is -0.388 e. The van der Waals surface area contributed by atoms with E-state index in [2.05, 4.69) is 22.2 Å². The van der Waals surface area contributed by atoms with Crippen LogP contribution in [-0.2, 0) is 11.3 Å². The van der Waals surface area contributed by atoms with Gasteiger partial charge in [-0.2, -0.15) is 0 Å². The molecule has 1 aliphatic rings. The minimum absolute atomic E-state index is 0.0965. The van der Waals surface area contributed by atoms with Gasteiger partial charge in [0.2, 0.25) is 5.91 Å². The number of piperidine rings is 1. The Hall–Kier alpha value is -3.37. The number of aliphatic hydroxyl groups is 1. The number of hydrogen-bond donors (Lipinski definition) is 1. The first-order valence-electron chi connectivity index (χ1n) is 12.7. The standard InChI is InChI=1S/C27H32N6O3S/c1-18(2)33-14-22(29-30-33)21-15-37-25-24(21)28-17-32(26(25)35)16-27(36)9-11-31(12-10-27)23(34)13-19(3)20-7-5-4-6-8-20/h4-8,14-15,17-19,36H,9-13,16H2,1-3H3/t19-/m1/s1. The third kappa shape index (κ3) is 5.21. The van der Waals surface area contributed by atoms with Crippen molar-refractivity contribution in [2.24, 2.45) is 0 Å². The largest absolute Gasteiger partial charge is 0.388 e. The molecule has 1 atom stereocenters. The summed E-state index contributed by atoms with van der Waals surface area (Å²) in [6, 6.07) is 10.2. The molecule has 5 rings (SSSR count). The smallest absolute Gasteiger partial charge is 0.271 e. The molecule has 4 aromatic rings. The van der Waals surface area contributed by atoms with Crippen molar-refractivity contribution < 1.29 is 9.90 Å². The van der Waals surface area contributed by atoms with Crippen LogP contribution in [0.3, 0.4) is 0 Å². The number of rotatable bonds is 7. The molecule has 1 fully saturated rings. The second kappa shape index (κ2) is 10.2. The van der Waals surface area contributed by atoms with E-state index >= 15 is 0 Å². The number of fused-ring (bicyclic) bond motifs is 1. The molecule has 3 aromatic heterocycles. The third-order valence-electron chi connectivity index (χ3n) is 7.22. The topological polar surface area (TPSA) is 106 Å². The van der Waals surface area contributed by atoms with Crippen LogP contribution in [0.2, 0.25) is 0 Å². The highest BCUT2D eigenvalue weighted by Crippen LogP contribution is 2.31. The molecule has 1 aromatic carbocycles. The molecule has 37 heavy (non-hydrogen) atoms. The molecule has 0 bridgehead atoms. The van der Waals surface area contributed by atoms with E-state index in [-0.39, 0.29) is 30.0 Å². The molecule has 194 valence electrons. The molecule has 1 N–H and O–H groups in total. The van der Waals surface area contributed by atoms with Gasteiger partial charge in [0.1, 0.15) is 10.4 Å². The molecule has 9 nitrogen and oxygen atoms in total. The van der Waals surface area contributed by atoms with E-state index in [4.69, 9.17) is 0 Å². The maximum absolute atomic E-state index is 13.2. The van der Waals surface area contributed by atoms with Crippen molar-refractivity contribution in [1.29, 1.82) is 0 Å². The van der Waals surface area contributed by atoms with Crippen LogP contribution in [0.5, 0.6) is 0 Å². The van der Waals surface area contributed by atoms with Crippen molar-refractivity contribution in [3.05, 3.63) is 64.2 Å². The van der Waals surface area contributed by atoms with E-state index in [0.717, 1.165) is 11.1 Å². The van der Waals surface area contributed by atoms with Crippen molar-refractivity contribution in [2.45, 2.75) is 64.1 Å². The van der Waals surface area contributed by atoms with Gasteiger partial charge >= 0.3 is 0 Å². The highest BCUT2D eigenvalue weighted by atomic mass is 32.1. The number of aromatic nitrogens is 5. The van der Waals surface area contributed by atoms with Crippen LogP contribution in [0, 0.1) is 0 Å². The van der Waals surface area contributed by atoms with E-state index in [1.54, 1.807) is 4.68 Å². The Kier molecular flexibility index (Phi) is 6.96. The van der Waals surface area contributed by atoms with Crippen molar-refractivity contribution in [3.63, 3.8) is 0 Å². The Morgan fingerprint density at radius 2 is 1.89 bits per heavy atom. The highest BCUT2D eigenvalue weighted by Gasteiger charge is 2.35. The first-order valence-corrected chi connectivity index (χ1v) is 13.6. The lowest BCUT2D eigenvalue weighted by Crippen LogP contribution is -2.49. The number of amides is 1. The Bertz CT molecular complexity index is 1450. The van der Waals surface area contributed by atoms with Crippen LogP contribution < -0.4 is 5.56 Å². The predicted molar refractivity (Wildman–Crippen MR) is 144 cm³/mol. The minimum atomic E-state index is -1.07. The van der Waals surface area contributed by atoms with Crippen molar-refractivity contribution in [1.82, 2.24) is 29.4 Å². The van der Waals surface area contributed by atoms with E-state index in [1.807, 2.05) is 60.7 Å². The third-order valence-corrected chi connectivity index (χ3v) is 8.18. The summed E-state index contributed by atoms with van der Waals surface area (Å²) in [5, 5.41) is 21.6. The fraction of sp³-hybridized carbons (Fsp3) is 0.444. The summed E-state index contributed by atoms with van der Waals surface area (Å²) >= 11 is 1.33. The zero-order valence-corrected chi connectivity index (χ0v) is 22.2. The lowest BCUT2D eigenvalue weighted by molar-refractivity contribution is -0.136. The molecule has 1 aliphatic heterocycles. The van der Waals surface area contributed by atoms with E-state index in [0.29, 0.717) is 48.3 Å². The van der Waals surface area contributed by atoms with Crippen LogP contribution in [0.4, 0.5) is 0 Å². The maximum atomic E-state index is 13.2. The van der Waals surface area contributed by atoms with Crippen molar-refractivity contribution in [2.75, 3.05) is 13.1 Å². The summed E-state index contributed by atoms with van der Waals surface area (Å²) in [6.45, 7) is 7.19. The van der Waals surface area contributed by atoms with Gasteiger partial charge in [-0.15, -0.1) is 16.4 Å². The molecule has 4 heterocycles.